The van der Waals surface area contributed by atoms with E-state index in [1.54, 1.807) is 5.38 Å². The molecule has 0 radical (unpaired) electrons. The molecule has 6 nitrogen and oxygen atoms in total. The van der Waals surface area contributed by atoms with Crippen LogP contribution >= 0.6 is 11.3 Å². The fraction of sp³-hybridized carbons (Fsp3) is 0.417. The largest absolute Gasteiger partial charge is 0.379 e. The van der Waals surface area contributed by atoms with Gasteiger partial charge >= 0.3 is 0 Å². The van der Waals surface area contributed by atoms with Crippen LogP contribution in [0.4, 0.5) is 0 Å². The van der Waals surface area contributed by atoms with Crippen molar-refractivity contribution in [2.75, 3.05) is 32.8 Å². The average molecular weight is 314 g/mol. The second-order valence-electron chi connectivity index (χ2n) is 4.02. The van der Waals surface area contributed by atoms with Gasteiger partial charge in [0.2, 0.25) is 10.0 Å². The van der Waals surface area contributed by atoms with Crippen LogP contribution in [-0.2, 0) is 14.8 Å². The zero-order valence-corrected chi connectivity index (χ0v) is 12.3. The minimum absolute atomic E-state index is 0.0268. The van der Waals surface area contributed by atoms with Crippen molar-refractivity contribution in [3.8, 4) is 12.3 Å². The highest BCUT2D eigenvalue weighted by Crippen LogP contribution is 2.25. The lowest BCUT2D eigenvalue weighted by Crippen LogP contribution is -2.41. The number of ether oxygens (including phenoxy) is 1. The molecule has 1 saturated heterocycles. The van der Waals surface area contributed by atoms with Crippen molar-refractivity contribution in [2.45, 2.75) is 4.90 Å². The van der Waals surface area contributed by atoms with E-state index in [0.29, 0.717) is 26.3 Å². The number of hydrogen-bond donors (Lipinski definition) is 1. The van der Waals surface area contributed by atoms with Gasteiger partial charge in [-0.25, -0.2) is 8.42 Å². The summed E-state index contributed by atoms with van der Waals surface area (Å²) in [5.74, 6) is 1.81. The van der Waals surface area contributed by atoms with Crippen molar-refractivity contribution in [1.82, 2.24) is 9.62 Å². The van der Waals surface area contributed by atoms with Crippen LogP contribution in [0.3, 0.4) is 0 Å². The summed E-state index contributed by atoms with van der Waals surface area (Å²) in [4.78, 5) is 12.1. The molecule has 8 heteroatoms. The number of rotatable bonds is 4. The molecule has 1 aliphatic heterocycles. The summed E-state index contributed by atoms with van der Waals surface area (Å²) >= 11 is 1.08. The molecule has 1 aromatic heterocycles. The second kappa shape index (κ2) is 6.37. The van der Waals surface area contributed by atoms with Crippen LogP contribution in [-0.4, -0.2) is 51.5 Å². The van der Waals surface area contributed by atoms with E-state index in [2.05, 4.69) is 11.2 Å². The van der Waals surface area contributed by atoms with E-state index in [4.69, 9.17) is 11.2 Å². The SMILES string of the molecule is C#CCNC(=O)c1sccc1S(=O)(=O)N1CCOCC1. The molecule has 1 aliphatic rings. The number of carbonyl (C=O) groups is 1. The number of sulfonamides is 1. The van der Waals surface area contributed by atoms with Gasteiger partial charge in [0.15, 0.2) is 0 Å². The Hall–Kier alpha value is -1.40. The van der Waals surface area contributed by atoms with Crippen molar-refractivity contribution in [1.29, 1.82) is 0 Å². The number of morpholine rings is 1. The van der Waals surface area contributed by atoms with Crippen LogP contribution in [0.5, 0.6) is 0 Å². The predicted molar refractivity (Wildman–Crippen MR) is 75.1 cm³/mol. The molecule has 20 heavy (non-hydrogen) atoms. The summed E-state index contributed by atoms with van der Waals surface area (Å²) in [5.41, 5.74) is 0. The molecule has 0 bridgehead atoms. The monoisotopic (exact) mass is 314 g/mol. The molecular weight excluding hydrogens is 300 g/mol. The van der Waals surface area contributed by atoms with Crippen LogP contribution < -0.4 is 5.32 Å². The van der Waals surface area contributed by atoms with Gasteiger partial charge in [0.05, 0.1) is 19.8 Å². The van der Waals surface area contributed by atoms with Gasteiger partial charge in [-0.1, -0.05) is 5.92 Å². The third kappa shape index (κ3) is 3.02. The standard InChI is InChI=1S/C12H14N2O4S2/c1-2-4-13-12(15)11-10(3-9-19-11)20(16,17)14-5-7-18-8-6-14/h1,3,9H,4-8H2,(H,13,15). The molecule has 0 aromatic carbocycles. The molecule has 0 saturated carbocycles. The van der Waals surface area contributed by atoms with Gasteiger partial charge in [0.25, 0.3) is 5.91 Å². The predicted octanol–water partition coefficient (Wildman–Crippen LogP) is 0.132. The maximum Gasteiger partial charge on any atom is 0.263 e. The molecule has 1 fully saturated rings. The summed E-state index contributed by atoms with van der Waals surface area (Å²) in [6, 6.07) is 1.44. The van der Waals surface area contributed by atoms with Gasteiger partial charge < -0.3 is 10.1 Å². The molecular formula is C12H14N2O4S2. The topological polar surface area (TPSA) is 75.7 Å². The summed E-state index contributed by atoms with van der Waals surface area (Å²) in [6.45, 7) is 1.38. The number of nitrogens with one attached hydrogen (secondary N) is 1. The molecule has 0 spiro atoms. The Labute approximate surface area is 121 Å². The molecule has 2 heterocycles. The van der Waals surface area contributed by atoms with Crippen molar-refractivity contribution < 1.29 is 17.9 Å². The van der Waals surface area contributed by atoms with Crippen LogP contribution in [0, 0.1) is 12.3 Å². The second-order valence-corrected chi connectivity index (χ2v) is 6.84. The zero-order valence-electron chi connectivity index (χ0n) is 10.7. The quantitative estimate of drug-likeness (QED) is 0.802. The van der Waals surface area contributed by atoms with Crippen LogP contribution in [0.1, 0.15) is 9.67 Å². The summed E-state index contributed by atoms with van der Waals surface area (Å²) < 4.78 is 31.5. The summed E-state index contributed by atoms with van der Waals surface area (Å²) in [7, 11) is -3.67. The van der Waals surface area contributed by atoms with Crippen molar-refractivity contribution >= 4 is 27.3 Å². The van der Waals surface area contributed by atoms with Gasteiger partial charge in [-0.05, 0) is 11.4 Å². The van der Waals surface area contributed by atoms with E-state index in [9.17, 15) is 13.2 Å². The Morgan fingerprint density at radius 3 is 2.85 bits per heavy atom. The Bertz CT molecular complexity index is 624. The minimum atomic E-state index is -3.67. The molecule has 1 N–H and O–H groups in total. The van der Waals surface area contributed by atoms with Gasteiger partial charge in [-0.15, -0.1) is 17.8 Å². The maximum atomic E-state index is 12.5. The number of thiophene rings is 1. The van der Waals surface area contributed by atoms with Crippen molar-refractivity contribution in [2.24, 2.45) is 0 Å². The Morgan fingerprint density at radius 2 is 2.20 bits per heavy atom. The summed E-state index contributed by atoms with van der Waals surface area (Å²) in [6.07, 6.45) is 5.07. The van der Waals surface area contributed by atoms with Gasteiger partial charge in [-0.2, -0.15) is 4.31 Å². The Kier molecular flexibility index (Phi) is 4.77. The molecule has 0 atom stereocenters. The number of nitrogens with zero attached hydrogens (tertiary/aromatic N) is 1. The minimum Gasteiger partial charge on any atom is -0.379 e. The lowest BCUT2D eigenvalue weighted by Gasteiger charge is -2.25. The third-order valence-electron chi connectivity index (χ3n) is 2.77. The highest BCUT2D eigenvalue weighted by atomic mass is 32.2. The van der Waals surface area contributed by atoms with E-state index >= 15 is 0 Å². The molecule has 1 aromatic rings. The van der Waals surface area contributed by atoms with Gasteiger partial charge in [-0.3, -0.25) is 4.79 Å². The smallest absolute Gasteiger partial charge is 0.263 e. The molecule has 2 rings (SSSR count). The number of hydrogen-bond acceptors (Lipinski definition) is 5. The maximum absolute atomic E-state index is 12.5. The van der Waals surface area contributed by atoms with E-state index in [1.807, 2.05) is 0 Å². The highest BCUT2D eigenvalue weighted by molar-refractivity contribution is 7.89. The van der Waals surface area contributed by atoms with E-state index in [-0.39, 0.29) is 16.3 Å². The Balaban J connectivity index is 2.26. The summed E-state index contributed by atoms with van der Waals surface area (Å²) in [5, 5.41) is 4.06. The van der Waals surface area contributed by atoms with Crippen LogP contribution in [0.2, 0.25) is 0 Å². The molecule has 1 amide bonds. The normalized spacial score (nSPS) is 16.6. The first kappa shape index (κ1) is 15.0. The first-order valence-corrected chi connectivity index (χ1v) is 8.26. The fourth-order valence-corrected chi connectivity index (χ4v) is 4.53. The molecule has 108 valence electrons. The van der Waals surface area contributed by atoms with Gasteiger partial charge in [0.1, 0.15) is 9.77 Å². The average Bonchev–Trinajstić information content (AvgIpc) is 2.96. The first-order valence-electron chi connectivity index (χ1n) is 5.94. The number of terminal acetylenes is 1. The number of amides is 1. The van der Waals surface area contributed by atoms with Gasteiger partial charge in [0, 0.05) is 13.1 Å². The fourth-order valence-electron chi connectivity index (χ4n) is 1.80. The van der Waals surface area contributed by atoms with E-state index in [0.717, 1.165) is 11.3 Å². The molecule has 0 unspecified atom stereocenters. The third-order valence-corrected chi connectivity index (χ3v) is 5.76. The lowest BCUT2D eigenvalue weighted by molar-refractivity contribution is 0.0730. The molecule has 0 aliphatic carbocycles. The highest BCUT2D eigenvalue weighted by Gasteiger charge is 2.31. The number of carbonyl (C=O) groups excluding carboxylic acids is 1. The van der Waals surface area contributed by atoms with Crippen molar-refractivity contribution in [3.63, 3.8) is 0 Å². The Morgan fingerprint density at radius 1 is 1.50 bits per heavy atom. The van der Waals surface area contributed by atoms with Crippen LogP contribution in [0.15, 0.2) is 16.3 Å². The van der Waals surface area contributed by atoms with Crippen molar-refractivity contribution in [3.05, 3.63) is 16.3 Å². The van der Waals surface area contributed by atoms with E-state index in [1.165, 1.54) is 10.4 Å². The lowest BCUT2D eigenvalue weighted by atomic mass is 10.4. The first-order chi connectivity index (χ1) is 9.57. The van der Waals surface area contributed by atoms with E-state index < -0.39 is 15.9 Å². The zero-order chi connectivity index (χ0) is 14.6. The van der Waals surface area contributed by atoms with Crippen LogP contribution in [0.25, 0.3) is 0 Å².